The van der Waals surface area contributed by atoms with Crippen molar-refractivity contribution in [1.82, 2.24) is 0 Å². The van der Waals surface area contributed by atoms with Crippen molar-refractivity contribution in [3.05, 3.63) is 34.6 Å². The van der Waals surface area contributed by atoms with Crippen molar-refractivity contribution >= 4 is 11.9 Å². The molecular weight excluding hydrogens is 308 g/mol. The zero-order valence-corrected chi connectivity index (χ0v) is 13.7. The fourth-order valence-electron chi connectivity index (χ4n) is 3.09. The van der Waals surface area contributed by atoms with E-state index in [4.69, 9.17) is 20.0 Å². The molecule has 0 saturated heterocycles. The maximum atomic E-state index is 11.6. The SMILES string of the molecule is CC1=C2C(=C(OC(=O)CC#N)C=CC2C)CCC1OC(=O)CC#N. The molecular formula is C18H18N2O4. The Morgan fingerprint density at radius 3 is 2.58 bits per heavy atom. The predicted molar refractivity (Wildman–Crippen MR) is 83.7 cm³/mol. The van der Waals surface area contributed by atoms with Crippen molar-refractivity contribution in [2.75, 3.05) is 0 Å². The zero-order chi connectivity index (χ0) is 17.7. The second-order valence-electron chi connectivity index (χ2n) is 5.75. The largest absolute Gasteiger partial charge is 0.457 e. The fourth-order valence-corrected chi connectivity index (χ4v) is 3.09. The molecule has 2 atom stereocenters. The molecule has 124 valence electrons. The lowest BCUT2D eigenvalue weighted by Gasteiger charge is -2.33. The molecule has 0 radical (unpaired) electrons. The summed E-state index contributed by atoms with van der Waals surface area (Å²) in [6.07, 6.45) is 3.91. The van der Waals surface area contributed by atoms with Crippen LogP contribution in [0.2, 0.25) is 0 Å². The summed E-state index contributed by atoms with van der Waals surface area (Å²) >= 11 is 0. The van der Waals surface area contributed by atoms with Gasteiger partial charge in [0.25, 0.3) is 0 Å². The van der Waals surface area contributed by atoms with Crippen molar-refractivity contribution in [2.45, 2.75) is 45.6 Å². The van der Waals surface area contributed by atoms with Crippen molar-refractivity contribution < 1.29 is 19.1 Å². The molecule has 0 fully saturated rings. The summed E-state index contributed by atoms with van der Waals surface area (Å²) in [5.41, 5.74) is 2.83. The van der Waals surface area contributed by atoms with Gasteiger partial charge in [-0.3, -0.25) is 9.59 Å². The van der Waals surface area contributed by atoms with Gasteiger partial charge in [-0.2, -0.15) is 10.5 Å². The highest BCUT2D eigenvalue weighted by molar-refractivity contribution is 5.74. The minimum atomic E-state index is -0.584. The molecule has 24 heavy (non-hydrogen) atoms. The van der Waals surface area contributed by atoms with Gasteiger partial charge in [0.15, 0.2) is 0 Å². The van der Waals surface area contributed by atoms with Gasteiger partial charge in [-0.05, 0) is 48.5 Å². The topological polar surface area (TPSA) is 100 Å². The molecule has 0 spiro atoms. The van der Waals surface area contributed by atoms with E-state index in [1.165, 1.54) is 0 Å². The number of ether oxygens (including phenoxy) is 2. The average Bonchev–Trinajstić information content (AvgIpc) is 2.53. The number of rotatable bonds is 4. The molecule has 0 aromatic rings. The zero-order valence-electron chi connectivity index (χ0n) is 13.7. The molecule has 6 nitrogen and oxygen atoms in total. The Labute approximate surface area is 140 Å². The van der Waals surface area contributed by atoms with E-state index in [-0.39, 0.29) is 24.9 Å². The summed E-state index contributed by atoms with van der Waals surface area (Å²) in [6, 6.07) is 3.55. The Kier molecular flexibility index (Phi) is 5.55. The van der Waals surface area contributed by atoms with Crippen LogP contribution < -0.4 is 0 Å². The Morgan fingerprint density at radius 1 is 1.25 bits per heavy atom. The maximum Gasteiger partial charge on any atom is 0.325 e. The molecule has 2 rings (SSSR count). The van der Waals surface area contributed by atoms with Gasteiger partial charge >= 0.3 is 11.9 Å². The second-order valence-corrected chi connectivity index (χ2v) is 5.75. The van der Waals surface area contributed by atoms with Crippen molar-refractivity contribution in [1.29, 1.82) is 10.5 Å². The molecule has 0 aromatic heterocycles. The Morgan fingerprint density at radius 2 is 1.92 bits per heavy atom. The van der Waals surface area contributed by atoms with Crippen LogP contribution in [0, 0.1) is 28.6 Å². The van der Waals surface area contributed by atoms with Gasteiger partial charge in [0.05, 0.1) is 12.1 Å². The van der Waals surface area contributed by atoms with Gasteiger partial charge in [-0.25, -0.2) is 0 Å². The number of fused-ring (bicyclic) bond motifs is 1. The summed E-state index contributed by atoms with van der Waals surface area (Å²) in [6.45, 7) is 3.91. The highest BCUT2D eigenvalue weighted by atomic mass is 16.5. The minimum Gasteiger partial charge on any atom is -0.457 e. The number of hydrogen-bond acceptors (Lipinski definition) is 6. The number of nitrogens with zero attached hydrogens (tertiary/aromatic N) is 2. The lowest BCUT2D eigenvalue weighted by Crippen LogP contribution is -2.27. The van der Waals surface area contributed by atoms with E-state index in [0.717, 1.165) is 16.7 Å². The third-order valence-corrected chi connectivity index (χ3v) is 4.12. The Balaban J connectivity index is 2.29. The van der Waals surface area contributed by atoms with E-state index in [0.29, 0.717) is 18.6 Å². The Bertz CT molecular complexity index is 731. The number of nitriles is 2. The monoisotopic (exact) mass is 326 g/mol. The first kappa shape index (κ1) is 17.5. The summed E-state index contributed by atoms with van der Waals surface area (Å²) in [7, 11) is 0. The molecule has 0 saturated carbocycles. The molecule has 0 bridgehead atoms. The van der Waals surface area contributed by atoms with E-state index >= 15 is 0 Å². The lowest BCUT2D eigenvalue weighted by molar-refractivity contribution is -0.146. The molecule has 0 aromatic carbocycles. The van der Waals surface area contributed by atoms with Crippen LogP contribution in [0.1, 0.15) is 39.5 Å². The van der Waals surface area contributed by atoms with Crippen LogP contribution >= 0.6 is 0 Å². The van der Waals surface area contributed by atoms with E-state index in [1.807, 2.05) is 19.9 Å². The Hall–Kier alpha value is -2.86. The van der Waals surface area contributed by atoms with Crippen LogP contribution in [0.5, 0.6) is 0 Å². The van der Waals surface area contributed by atoms with Crippen LogP contribution in [0.4, 0.5) is 0 Å². The summed E-state index contributed by atoms with van der Waals surface area (Å²) < 4.78 is 10.7. The third-order valence-electron chi connectivity index (χ3n) is 4.12. The summed E-state index contributed by atoms with van der Waals surface area (Å²) in [5.74, 6) is -0.547. The van der Waals surface area contributed by atoms with Crippen LogP contribution in [-0.4, -0.2) is 18.0 Å². The first-order valence-corrected chi connectivity index (χ1v) is 7.74. The molecule has 0 heterocycles. The van der Waals surface area contributed by atoms with Gasteiger partial charge in [-0.15, -0.1) is 0 Å². The van der Waals surface area contributed by atoms with Crippen LogP contribution in [0.15, 0.2) is 34.6 Å². The van der Waals surface area contributed by atoms with Gasteiger partial charge < -0.3 is 9.47 Å². The van der Waals surface area contributed by atoms with Gasteiger partial charge in [0.1, 0.15) is 24.7 Å². The standard InChI is InChI=1S/C18H18N2O4/c1-11-3-5-15(24-17(22)8-10-20)13-4-6-14(12(2)18(11)13)23-16(21)7-9-19/h3,5,11,14H,4,6-8H2,1-2H3. The number of esters is 2. The van der Waals surface area contributed by atoms with Crippen molar-refractivity contribution in [3.8, 4) is 12.1 Å². The van der Waals surface area contributed by atoms with Gasteiger partial charge in [0, 0.05) is 0 Å². The normalized spacial score (nSPS) is 22.3. The number of allylic oxidation sites excluding steroid dienone is 4. The third kappa shape index (κ3) is 3.72. The van der Waals surface area contributed by atoms with Crippen LogP contribution in [-0.2, 0) is 19.1 Å². The fraction of sp³-hybridized carbons (Fsp3) is 0.444. The number of carbonyl (C=O) groups excluding carboxylic acids is 2. The van der Waals surface area contributed by atoms with E-state index in [9.17, 15) is 9.59 Å². The highest BCUT2D eigenvalue weighted by Gasteiger charge is 2.32. The smallest absolute Gasteiger partial charge is 0.325 e. The van der Waals surface area contributed by atoms with E-state index in [1.54, 1.807) is 18.2 Å². The lowest BCUT2D eigenvalue weighted by atomic mass is 9.77. The first-order chi connectivity index (χ1) is 11.5. The molecule has 6 heteroatoms. The second kappa shape index (κ2) is 7.61. The molecule has 2 aliphatic carbocycles. The molecule has 2 aliphatic rings. The molecule has 0 aliphatic heterocycles. The summed E-state index contributed by atoms with van der Waals surface area (Å²) in [5, 5.41) is 17.2. The van der Waals surface area contributed by atoms with Crippen LogP contribution in [0.25, 0.3) is 0 Å². The molecule has 0 N–H and O–H groups in total. The summed E-state index contributed by atoms with van der Waals surface area (Å²) in [4.78, 5) is 23.2. The number of hydrogen-bond donors (Lipinski definition) is 0. The maximum absolute atomic E-state index is 11.6. The predicted octanol–water partition coefficient (Wildman–Crippen LogP) is 2.84. The molecule has 2 unspecified atom stereocenters. The quantitative estimate of drug-likeness (QED) is 0.736. The highest BCUT2D eigenvalue weighted by Crippen LogP contribution is 2.41. The number of carbonyl (C=O) groups is 2. The van der Waals surface area contributed by atoms with Crippen molar-refractivity contribution in [2.24, 2.45) is 5.92 Å². The van der Waals surface area contributed by atoms with Gasteiger partial charge in [0.2, 0.25) is 0 Å². The van der Waals surface area contributed by atoms with Gasteiger partial charge in [-0.1, -0.05) is 13.0 Å². The first-order valence-electron chi connectivity index (χ1n) is 7.74. The van der Waals surface area contributed by atoms with Crippen LogP contribution in [0.3, 0.4) is 0 Å². The van der Waals surface area contributed by atoms with Crippen molar-refractivity contribution in [3.63, 3.8) is 0 Å². The average molecular weight is 326 g/mol. The van der Waals surface area contributed by atoms with E-state index in [2.05, 4.69) is 0 Å². The minimum absolute atomic E-state index is 0.107. The molecule has 0 amide bonds. The van der Waals surface area contributed by atoms with E-state index < -0.39 is 11.9 Å².